The highest BCUT2D eigenvalue weighted by molar-refractivity contribution is 5.95. The molecule has 3 N–H and O–H groups in total. The molecule has 0 spiro atoms. The summed E-state index contributed by atoms with van der Waals surface area (Å²) in [5.41, 5.74) is 9.47. The van der Waals surface area contributed by atoms with E-state index in [0.717, 1.165) is 11.1 Å². The highest BCUT2D eigenvalue weighted by atomic mass is 16.1. The summed E-state index contributed by atoms with van der Waals surface area (Å²) in [5, 5.41) is 11.7. The fourth-order valence-corrected chi connectivity index (χ4v) is 1.99. The molecule has 4 nitrogen and oxygen atoms in total. The van der Waals surface area contributed by atoms with Gasteiger partial charge in [-0.2, -0.15) is 5.26 Å². The second-order valence-electron chi connectivity index (χ2n) is 5.00. The van der Waals surface area contributed by atoms with Gasteiger partial charge in [0.15, 0.2) is 0 Å². The molecule has 0 bridgehead atoms. The van der Waals surface area contributed by atoms with E-state index in [0.29, 0.717) is 16.8 Å². The van der Waals surface area contributed by atoms with Gasteiger partial charge in [0.25, 0.3) is 5.91 Å². The van der Waals surface area contributed by atoms with Crippen LogP contribution in [-0.2, 0) is 0 Å². The van der Waals surface area contributed by atoms with Crippen LogP contribution >= 0.6 is 0 Å². The standard InChI is InChI=1S/C17H17N3O/c1-11-3-6-15(9-16(11)19)17(21)20-12(2)14-7-4-13(10-18)5-8-14/h3-9,12H,19H2,1-2H3,(H,20,21). The highest BCUT2D eigenvalue weighted by Crippen LogP contribution is 2.16. The molecular formula is C17H17N3O. The topological polar surface area (TPSA) is 78.9 Å². The maximum atomic E-state index is 12.2. The first kappa shape index (κ1) is 14.6. The summed E-state index contributed by atoms with van der Waals surface area (Å²) >= 11 is 0. The normalized spacial score (nSPS) is 11.5. The van der Waals surface area contributed by atoms with Crippen LogP contribution in [0.4, 0.5) is 5.69 Å². The van der Waals surface area contributed by atoms with Gasteiger partial charge in [-0.15, -0.1) is 0 Å². The number of hydrogen-bond acceptors (Lipinski definition) is 3. The summed E-state index contributed by atoms with van der Waals surface area (Å²) in [5.74, 6) is -0.168. The molecule has 4 heteroatoms. The molecule has 0 aliphatic heterocycles. The number of nitrogen functional groups attached to an aromatic ring is 1. The zero-order valence-electron chi connectivity index (χ0n) is 12.1. The van der Waals surface area contributed by atoms with Gasteiger partial charge < -0.3 is 11.1 Å². The van der Waals surface area contributed by atoms with Crippen LogP contribution in [0.5, 0.6) is 0 Å². The second-order valence-corrected chi connectivity index (χ2v) is 5.00. The zero-order valence-corrected chi connectivity index (χ0v) is 12.1. The van der Waals surface area contributed by atoms with Crippen molar-refractivity contribution in [1.29, 1.82) is 5.26 Å². The Morgan fingerprint density at radius 3 is 2.48 bits per heavy atom. The number of carbonyl (C=O) groups is 1. The van der Waals surface area contributed by atoms with Crippen LogP contribution < -0.4 is 11.1 Å². The number of nitriles is 1. The zero-order chi connectivity index (χ0) is 15.4. The van der Waals surface area contributed by atoms with Crippen molar-refractivity contribution in [2.75, 3.05) is 5.73 Å². The average molecular weight is 279 g/mol. The summed E-state index contributed by atoms with van der Waals surface area (Å²) in [4.78, 5) is 12.2. The minimum atomic E-state index is -0.168. The molecule has 0 saturated carbocycles. The number of nitrogens with one attached hydrogen (secondary N) is 1. The molecule has 0 radical (unpaired) electrons. The third-order valence-corrected chi connectivity index (χ3v) is 3.43. The number of rotatable bonds is 3. The van der Waals surface area contributed by atoms with E-state index >= 15 is 0 Å². The summed E-state index contributed by atoms with van der Waals surface area (Å²) in [6.45, 7) is 3.80. The minimum Gasteiger partial charge on any atom is -0.398 e. The molecule has 1 atom stereocenters. The molecule has 0 heterocycles. The van der Waals surface area contributed by atoms with Crippen LogP contribution in [0, 0.1) is 18.3 Å². The molecule has 0 saturated heterocycles. The Kier molecular flexibility index (Phi) is 4.24. The Morgan fingerprint density at radius 2 is 1.90 bits per heavy atom. The maximum Gasteiger partial charge on any atom is 0.251 e. The molecule has 1 amide bonds. The smallest absolute Gasteiger partial charge is 0.251 e. The lowest BCUT2D eigenvalue weighted by molar-refractivity contribution is 0.0940. The number of nitrogens with zero attached hydrogens (tertiary/aromatic N) is 1. The van der Waals surface area contributed by atoms with Crippen molar-refractivity contribution in [2.24, 2.45) is 0 Å². The third kappa shape index (κ3) is 3.40. The Hall–Kier alpha value is -2.80. The largest absolute Gasteiger partial charge is 0.398 e. The van der Waals surface area contributed by atoms with E-state index in [1.807, 2.05) is 32.0 Å². The van der Waals surface area contributed by atoms with Crippen molar-refractivity contribution in [1.82, 2.24) is 5.32 Å². The number of aryl methyl sites for hydroxylation is 1. The second kappa shape index (κ2) is 6.10. The van der Waals surface area contributed by atoms with Crippen molar-refractivity contribution in [3.8, 4) is 6.07 Å². The predicted octanol–water partition coefficient (Wildman–Crippen LogP) is 2.94. The Morgan fingerprint density at radius 1 is 1.24 bits per heavy atom. The van der Waals surface area contributed by atoms with Gasteiger partial charge in [-0.1, -0.05) is 18.2 Å². The lowest BCUT2D eigenvalue weighted by Gasteiger charge is -2.15. The van der Waals surface area contributed by atoms with Gasteiger partial charge in [-0.3, -0.25) is 4.79 Å². The Balaban J connectivity index is 2.10. The average Bonchev–Trinajstić information content (AvgIpc) is 2.50. The van der Waals surface area contributed by atoms with Crippen molar-refractivity contribution in [2.45, 2.75) is 19.9 Å². The van der Waals surface area contributed by atoms with Crippen LogP contribution in [0.25, 0.3) is 0 Å². The fraction of sp³-hybridized carbons (Fsp3) is 0.176. The van der Waals surface area contributed by atoms with Gasteiger partial charge in [0.1, 0.15) is 0 Å². The van der Waals surface area contributed by atoms with E-state index in [2.05, 4.69) is 11.4 Å². The van der Waals surface area contributed by atoms with Gasteiger partial charge in [0.2, 0.25) is 0 Å². The van der Waals surface area contributed by atoms with Crippen molar-refractivity contribution < 1.29 is 4.79 Å². The van der Waals surface area contributed by atoms with Crippen LogP contribution in [0.2, 0.25) is 0 Å². The van der Waals surface area contributed by atoms with Crippen molar-refractivity contribution in [3.05, 3.63) is 64.7 Å². The molecule has 2 aromatic rings. The quantitative estimate of drug-likeness (QED) is 0.848. The molecule has 2 rings (SSSR count). The number of carbonyl (C=O) groups excluding carboxylic acids is 1. The van der Waals surface area contributed by atoms with Gasteiger partial charge in [-0.25, -0.2) is 0 Å². The predicted molar refractivity (Wildman–Crippen MR) is 82.6 cm³/mol. The lowest BCUT2D eigenvalue weighted by Crippen LogP contribution is -2.26. The van der Waals surface area contributed by atoms with E-state index in [4.69, 9.17) is 11.0 Å². The van der Waals surface area contributed by atoms with E-state index in [1.165, 1.54) is 0 Å². The van der Waals surface area contributed by atoms with Gasteiger partial charge in [0.05, 0.1) is 17.7 Å². The summed E-state index contributed by atoms with van der Waals surface area (Å²) in [6.07, 6.45) is 0. The number of benzene rings is 2. The Labute approximate surface area is 124 Å². The van der Waals surface area contributed by atoms with E-state index in [1.54, 1.807) is 24.3 Å². The number of amides is 1. The number of nitrogens with two attached hydrogens (primary N) is 1. The van der Waals surface area contributed by atoms with Gasteiger partial charge in [-0.05, 0) is 49.2 Å². The van der Waals surface area contributed by atoms with Gasteiger partial charge in [0, 0.05) is 11.3 Å². The molecule has 0 fully saturated rings. The van der Waals surface area contributed by atoms with Gasteiger partial charge >= 0.3 is 0 Å². The Bertz CT molecular complexity index is 699. The number of hydrogen-bond donors (Lipinski definition) is 2. The van der Waals surface area contributed by atoms with E-state index in [-0.39, 0.29) is 11.9 Å². The van der Waals surface area contributed by atoms with Crippen molar-refractivity contribution in [3.63, 3.8) is 0 Å². The molecule has 0 aliphatic rings. The maximum absolute atomic E-state index is 12.2. The third-order valence-electron chi connectivity index (χ3n) is 3.43. The fourth-order valence-electron chi connectivity index (χ4n) is 1.99. The highest BCUT2D eigenvalue weighted by Gasteiger charge is 2.12. The molecule has 106 valence electrons. The molecule has 0 aromatic heterocycles. The monoisotopic (exact) mass is 279 g/mol. The summed E-state index contributed by atoms with van der Waals surface area (Å²) < 4.78 is 0. The van der Waals surface area contributed by atoms with E-state index < -0.39 is 0 Å². The lowest BCUT2D eigenvalue weighted by atomic mass is 10.1. The van der Waals surface area contributed by atoms with Crippen LogP contribution in [-0.4, -0.2) is 5.91 Å². The molecule has 2 aromatic carbocycles. The summed E-state index contributed by atoms with van der Waals surface area (Å²) in [7, 11) is 0. The van der Waals surface area contributed by atoms with E-state index in [9.17, 15) is 4.79 Å². The molecule has 0 aliphatic carbocycles. The van der Waals surface area contributed by atoms with Crippen LogP contribution in [0.15, 0.2) is 42.5 Å². The minimum absolute atomic E-state index is 0.146. The first-order valence-electron chi connectivity index (χ1n) is 6.68. The van der Waals surface area contributed by atoms with Crippen LogP contribution in [0.3, 0.4) is 0 Å². The van der Waals surface area contributed by atoms with Crippen LogP contribution in [0.1, 0.15) is 40.0 Å². The number of anilines is 1. The SMILES string of the molecule is Cc1ccc(C(=O)NC(C)c2ccc(C#N)cc2)cc1N. The molecule has 1 unspecified atom stereocenters. The molecule has 21 heavy (non-hydrogen) atoms. The summed E-state index contributed by atoms with van der Waals surface area (Å²) in [6, 6.07) is 14.3. The first-order valence-corrected chi connectivity index (χ1v) is 6.68. The first-order chi connectivity index (χ1) is 10.0. The molecular weight excluding hydrogens is 262 g/mol. The van der Waals surface area contributed by atoms with Crippen molar-refractivity contribution >= 4 is 11.6 Å².